The van der Waals surface area contributed by atoms with Crippen LogP contribution in [0.2, 0.25) is 0 Å². The van der Waals surface area contributed by atoms with E-state index in [0.29, 0.717) is 26.1 Å². The van der Waals surface area contributed by atoms with Crippen LogP contribution >= 0.6 is 0 Å². The number of carbonyl (C=O) groups is 2. The molecule has 2 saturated heterocycles. The molecular weight excluding hydrogens is 296 g/mol. The van der Waals surface area contributed by atoms with Crippen molar-refractivity contribution in [1.29, 1.82) is 0 Å². The van der Waals surface area contributed by atoms with Gasteiger partial charge in [-0.2, -0.15) is 0 Å². The molecule has 1 aromatic heterocycles. The quantitative estimate of drug-likeness (QED) is 0.866. The lowest BCUT2D eigenvalue weighted by Gasteiger charge is -2.33. The van der Waals surface area contributed by atoms with E-state index >= 15 is 0 Å². The molecule has 3 rings (SSSR count). The number of urea groups is 1. The number of nitrogens with zero attached hydrogens (tertiary/aromatic N) is 3. The van der Waals surface area contributed by atoms with Crippen LogP contribution in [-0.2, 0) is 11.3 Å². The van der Waals surface area contributed by atoms with E-state index in [2.05, 4.69) is 10.2 Å². The van der Waals surface area contributed by atoms with Gasteiger partial charge in [0.05, 0.1) is 12.5 Å². The molecule has 1 spiro atoms. The number of furan rings is 1. The minimum Gasteiger partial charge on any atom is -0.472 e. The number of amides is 3. The third-order valence-corrected chi connectivity index (χ3v) is 4.61. The largest absolute Gasteiger partial charge is 0.472 e. The van der Waals surface area contributed by atoms with E-state index in [9.17, 15) is 9.59 Å². The third-order valence-electron chi connectivity index (χ3n) is 4.61. The average Bonchev–Trinajstić information content (AvgIpc) is 3.08. The van der Waals surface area contributed by atoms with Crippen LogP contribution in [-0.4, -0.2) is 73.5 Å². The van der Waals surface area contributed by atoms with Crippen molar-refractivity contribution in [2.75, 3.05) is 46.8 Å². The molecule has 2 aliphatic rings. The number of rotatable bonds is 2. The van der Waals surface area contributed by atoms with Crippen LogP contribution in [0, 0.1) is 5.41 Å². The van der Waals surface area contributed by atoms with Crippen molar-refractivity contribution >= 4 is 11.9 Å². The normalized spacial score (nSPS) is 25.5. The third kappa shape index (κ3) is 3.50. The Balaban J connectivity index is 1.78. The van der Waals surface area contributed by atoms with Gasteiger partial charge in [0.2, 0.25) is 5.91 Å². The Labute approximate surface area is 136 Å². The fourth-order valence-corrected chi connectivity index (χ4v) is 3.55. The van der Waals surface area contributed by atoms with Gasteiger partial charge in [0.25, 0.3) is 0 Å². The molecule has 0 bridgehead atoms. The summed E-state index contributed by atoms with van der Waals surface area (Å²) in [6.07, 6.45) is 3.90. The Morgan fingerprint density at radius 1 is 1.39 bits per heavy atom. The molecule has 1 unspecified atom stereocenters. The summed E-state index contributed by atoms with van der Waals surface area (Å²) in [6, 6.07) is 1.96. The van der Waals surface area contributed by atoms with Crippen LogP contribution < -0.4 is 5.32 Å². The molecule has 1 aromatic rings. The Morgan fingerprint density at radius 3 is 2.83 bits per heavy atom. The molecule has 7 heteroatoms. The summed E-state index contributed by atoms with van der Waals surface area (Å²) in [6.45, 7) is 4.28. The Hall–Kier alpha value is -2.02. The van der Waals surface area contributed by atoms with Crippen LogP contribution in [0.1, 0.15) is 12.0 Å². The van der Waals surface area contributed by atoms with Gasteiger partial charge in [-0.3, -0.25) is 9.69 Å². The smallest absolute Gasteiger partial charge is 0.319 e. The number of hydrogen-bond donors (Lipinski definition) is 1. The summed E-state index contributed by atoms with van der Waals surface area (Å²) in [5, 5.41) is 2.94. The van der Waals surface area contributed by atoms with Crippen molar-refractivity contribution in [3.8, 4) is 0 Å². The second-order valence-corrected chi connectivity index (χ2v) is 6.89. The Morgan fingerprint density at radius 2 is 2.22 bits per heavy atom. The first-order valence-corrected chi connectivity index (χ1v) is 7.94. The van der Waals surface area contributed by atoms with Gasteiger partial charge < -0.3 is 19.5 Å². The van der Waals surface area contributed by atoms with Crippen molar-refractivity contribution in [2.24, 2.45) is 5.41 Å². The first kappa shape index (κ1) is 15.9. The number of hydrogen-bond acceptors (Lipinski definition) is 4. The summed E-state index contributed by atoms with van der Waals surface area (Å²) in [4.78, 5) is 30.0. The number of nitrogens with one attached hydrogen (secondary N) is 1. The predicted octanol–water partition coefficient (Wildman–Crippen LogP) is 0.585. The highest BCUT2D eigenvalue weighted by atomic mass is 16.3. The SMILES string of the molecule is CN(C)C(=O)N1CCN(Cc2ccoc2)CC2(CNC(=O)C2)C1. The first-order chi connectivity index (χ1) is 11.0. The van der Waals surface area contributed by atoms with Crippen LogP contribution in [0.15, 0.2) is 23.0 Å². The lowest BCUT2D eigenvalue weighted by molar-refractivity contribution is -0.119. The van der Waals surface area contributed by atoms with E-state index in [1.165, 1.54) is 0 Å². The monoisotopic (exact) mass is 320 g/mol. The first-order valence-electron chi connectivity index (χ1n) is 7.94. The summed E-state index contributed by atoms with van der Waals surface area (Å²) in [5.74, 6) is 0.0763. The topological polar surface area (TPSA) is 69.0 Å². The van der Waals surface area contributed by atoms with Gasteiger partial charge >= 0.3 is 6.03 Å². The molecule has 0 aromatic carbocycles. The van der Waals surface area contributed by atoms with Crippen molar-refractivity contribution in [3.05, 3.63) is 24.2 Å². The van der Waals surface area contributed by atoms with E-state index in [-0.39, 0.29) is 17.4 Å². The van der Waals surface area contributed by atoms with E-state index in [1.54, 1.807) is 31.5 Å². The highest BCUT2D eigenvalue weighted by Gasteiger charge is 2.44. The maximum atomic E-state index is 12.4. The maximum absolute atomic E-state index is 12.4. The van der Waals surface area contributed by atoms with Gasteiger partial charge in [0.1, 0.15) is 0 Å². The molecule has 23 heavy (non-hydrogen) atoms. The zero-order chi connectivity index (χ0) is 16.4. The molecule has 3 heterocycles. The molecule has 7 nitrogen and oxygen atoms in total. The van der Waals surface area contributed by atoms with Gasteiger partial charge in [-0.05, 0) is 6.07 Å². The van der Waals surface area contributed by atoms with Crippen LogP contribution in [0.5, 0.6) is 0 Å². The summed E-state index contributed by atoms with van der Waals surface area (Å²) >= 11 is 0. The van der Waals surface area contributed by atoms with Crippen molar-refractivity contribution < 1.29 is 14.0 Å². The van der Waals surface area contributed by atoms with Crippen molar-refractivity contribution in [3.63, 3.8) is 0 Å². The highest BCUT2D eigenvalue weighted by Crippen LogP contribution is 2.31. The second kappa shape index (κ2) is 6.23. The van der Waals surface area contributed by atoms with Gasteiger partial charge in [0.15, 0.2) is 0 Å². The average molecular weight is 320 g/mol. The zero-order valence-corrected chi connectivity index (χ0v) is 13.7. The predicted molar refractivity (Wildman–Crippen MR) is 84.7 cm³/mol. The molecule has 1 atom stereocenters. The van der Waals surface area contributed by atoms with Gasteiger partial charge in [-0.15, -0.1) is 0 Å². The minimum absolute atomic E-state index is 0.00823. The molecular formula is C16H24N4O3. The maximum Gasteiger partial charge on any atom is 0.319 e. The zero-order valence-electron chi connectivity index (χ0n) is 13.7. The van der Waals surface area contributed by atoms with Crippen molar-refractivity contribution in [1.82, 2.24) is 20.0 Å². The van der Waals surface area contributed by atoms with E-state index in [4.69, 9.17) is 4.42 Å². The van der Waals surface area contributed by atoms with Gasteiger partial charge in [-0.25, -0.2) is 4.79 Å². The van der Waals surface area contributed by atoms with E-state index < -0.39 is 0 Å². The number of carbonyl (C=O) groups excluding carboxylic acids is 2. The van der Waals surface area contributed by atoms with E-state index in [0.717, 1.165) is 25.2 Å². The van der Waals surface area contributed by atoms with Crippen molar-refractivity contribution in [2.45, 2.75) is 13.0 Å². The highest BCUT2D eigenvalue weighted by molar-refractivity contribution is 5.80. The molecule has 0 aliphatic carbocycles. The molecule has 0 radical (unpaired) electrons. The van der Waals surface area contributed by atoms with Crippen LogP contribution in [0.4, 0.5) is 4.79 Å². The fraction of sp³-hybridized carbons (Fsp3) is 0.625. The standard InChI is InChI=1S/C16H24N4O3/c1-18(2)15(22)20-5-4-19(8-13-3-6-23-9-13)11-16(12-20)7-14(21)17-10-16/h3,6,9H,4-5,7-8,10-12H2,1-2H3,(H,17,21). The second-order valence-electron chi connectivity index (χ2n) is 6.89. The molecule has 2 fully saturated rings. The summed E-state index contributed by atoms with van der Waals surface area (Å²) < 4.78 is 5.15. The minimum atomic E-state index is -0.205. The summed E-state index contributed by atoms with van der Waals surface area (Å²) in [7, 11) is 3.53. The Kier molecular flexibility index (Phi) is 4.30. The molecule has 0 saturated carbocycles. The molecule has 126 valence electrons. The summed E-state index contributed by atoms with van der Waals surface area (Å²) in [5.41, 5.74) is 0.910. The lowest BCUT2D eigenvalue weighted by Crippen LogP contribution is -2.47. The lowest BCUT2D eigenvalue weighted by atomic mass is 9.86. The molecule has 1 N–H and O–H groups in total. The molecule has 3 amide bonds. The van der Waals surface area contributed by atoms with Crippen LogP contribution in [0.3, 0.4) is 0 Å². The fourth-order valence-electron chi connectivity index (χ4n) is 3.55. The van der Waals surface area contributed by atoms with Gasteiger partial charge in [0, 0.05) is 70.8 Å². The van der Waals surface area contributed by atoms with E-state index in [1.807, 2.05) is 11.0 Å². The Bertz CT molecular complexity index is 572. The molecule has 2 aliphatic heterocycles. The van der Waals surface area contributed by atoms with Gasteiger partial charge in [-0.1, -0.05) is 0 Å². The van der Waals surface area contributed by atoms with Crippen LogP contribution in [0.25, 0.3) is 0 Å².